The molecule has 1 aliphatic rings. The number of furan rings is 1. The van der Waals surface area contributed by atoms with Crippen molar-refractivity contribution in [3.05, 3.63) is 60.1 Å². The van der Waals surface area contributed by atoms with Gasteiger partial charge in [-0.2, -0.15) is 5.06 Å². The van der Waals surface area contributed by atoms with Crippen LogP contribution in [0, 0.1) is 5.92 Å². The molecule has 19 heavy (non-hydrogen) atoms. The molecular formula is C15H13NO3. The monoisotopic (exact) mass is 255 g/mol. The van der Waals surface area contributed by atoms with E-state index >= 15 is 0 Å². The Kier molecular flexibility index (Phi) is 2.93. The maximum absolute atomic E-state index is 12.0. The molecule has 0 saturated heterocycles. The van der Waals surface area contributed by atoms with Crippen LogP contribution in [0.4, 0.5) is 5.69 Å². The average molecular weight is 255 g/mol. The molecule has 1 aromatic carbocycles. The molecule has 0 spiro atoms. The zero-order valence-electron chi connectivity index (χ0n) is 10.2. The predicted octanol–water partition coefficient (Wildman–Crippen LogP) is 2.89. The van der Waals surface area contributed by atoms with Gasteiger partial charge in [-0.05, 0) is 36.3 Å². The van der Waals surface area contributed by atoms with Crippen LogP contribution in [0.5, 0.6) is 0 Å². The third kappa shape index (κ3) is 2.18. The first kappa shape index (κ1) is 11.7. The fourth-order valence-electron chi connectivity index (χ4n) is 2.24. The SMILES string of the molecule is O=C1C(C=Cc2ccco2)Cc2ccccc2N1O. The van der Waals surface area contributed by atoms with Crippen molar-refractivity contribution in [3.63, 3.8) is 0 Å². The Morgan fingerprint density at radius 1 is 1.26 bits per heavy atom. The van der Waals surface area contributed by atoms with Gasteiger partial charge in [-0.1, -0.05) is 24.3 Å². The Bertz CT molecular complexity index is 616. The van der Waals surface area contributed by atoms with Crippen LogP contribution in [0.15, 0.2) is 53.2 Å². The van der Waals surface area contributed by atoms with E-state index < -0.39 is 0 Å². The summed E-state index contributed by atoms with van der Waals surface area (Å²) in [5, 5.41) is 10.6. The summed E-state index contributed by atoms with van der Waals surface area (Å²) in [6.45, 7) is 0. The minimum absolute atomic E-state index is 0.318. The molecule has 1 aliphatic heterocycles. The van der Waals surface area contributed by atoms with Crippen LogP contribution in [0.2, 0.25) is 0 Å². The van der Waals surface area contributed by atoms with Crippen LogP contribution in [-0.2, 0) is 11.2 Å². The number of hydroxylamine groups is 1. The molecule has 1 N–H and O–H groups in total. The highest BCUT2D eigenvalue weighted by atomic mass is 16.5. The molecule has 3 rings (SSSR count). The zero-order chi connectivity index (χ0) is 13.2. The maximum atomic E-state index is 12.0. The fraction of sp³-hybridized carbons (Fsp3) is 0.133. The van der Waals surface area contributed by atoms with E-state index in [1.54, 1.807) is 36.6 Å². The second-order valence-electron chi connectivity index (χ2n) is 4.46. The fourth-order valence-corrected chi connectivity index (χ4v) is 2.24. The lowest BCUT2D eigenvalue weighted by atomic mass is 9.92. The smallest absolute Gasteiger partial charge is 0.257 e. The van der Waals surface area contributed by atoms with Gasteiger partial charge in [0.15, 0.2) is 0 Å². The van der Waals surface area contributed by atoms with E-state index in [4.69, 9.17) is 4.42 Å². The maximum Gasteiger partial charge on any atom is 0.257 e. The molecule has 2 aromatic rings. The molecule has 1 amide bonds. The van der Waals surface area contributed by atoms with E-state index in [1.807, 2.05) is 18.2 Å². The van der Waals surface area contributed by atoms with E-state index in [2.05, 4.69) is 0 Å². The van der Waals surface area contributed by atoms with Gasteiger partial charge in [0.1, 0.15) is 5.76 Å². The average Bonchev–Trinajstić information content (AvgIpc) is 2.94. The van der Waals surface area contributed by atoms with Crippen molar-refractivity contribution in [3.8, 4) is 0 Å². The molecule has 0 bridgehead atoms. The van der Waals surface area contributed by atoms with Gasteiger partial charge in [0, 0.05) is 0 Å². The summed E-state index contributed by atoms with van der Waals surface area (Å²) in [6.07, 6.45) is 5.68. The highest BCUT2D eigenvalue weighted by molar-refractivity contribution is 5.97. The summed E-state index contributed by atoms with van der Waals surface area (Å²) in [7, 11) is 0. The Morgan fingerprint density at radius 3 is 2.89 bits per heavy atom. The van der Waals surface area contributed by atoms with Crippen molar-refractivity contribution in [2.24, 2.45) is 5.92 Å². The van der Waals surface area contributed by atoms with E-state index in [1.165, 1.54) is 0 Å². The standard InChI is InChI=1S/C15H13NO3/c17-15-12(7-8-13-5-3-9-19-13)10-11-4-1-2-6-14(11)16(15)18/h1-9,12,18H,10H2. The summed E-state index contributed by atoms with van der Waals surface area (Å²) in [5.74, 6) is 0.00246. The number of hydrogen-bond donors (Lipinski definition) is 1. The molecule has 0 saturated carbocycles. The number of amides is 1. The van der Waals surface area contributed by atoms with Gasteiger partial charge < -0.3 is 4.42 Å². The van der Waals surface area contributed by atoms with Gasteiger partial charge >= 0.3 is 0 Å². The highest BCUT2D eigenvalue weighted by Crippen LogP contribution is 2.29. The minimum atomic E-state index is -0.370. The van der Waals surface area contributed by atoms with Crippen LogP contribution in [0.25, 0.3) is 6.08 Å². The van der Waals surface area contributed by atoms with Crippen molar-refractivity contribution in [2.45, 2.75) is 6.42 Å². The number of benzene rings is 1. The first-order valence-corrected chi connectivity index (χ1v) is 6.08. The third-order valence-corrected chi connectivity index (χ3v) is 3.22. The number of carbonyl (C=O) groups is 1. The molecule has 4 nitrogen and oxygen atoms in total. The van der Waals surface area contributed by atoms with Gasteiger partial charge in [-0.15, -0.1) is 0 Å². The van der Waals surface area contributed by atoms with E-state index in [0.29, 0.717) is 17.9 Å². The van der Waals surface area contributed by atoms with Crippen molar-refractivity contribution in [1.82, 2.24) is 0 Å². The normalized spacial score (nSPS) is 18.9. The Hall–Kier alpha value is -2.33. The van der Waals surface area contributed by atoms with Crippen molar-refractivity contribution >= 4 is 17.7 Å². The van der Waals surface area contributed by atoms with Crippen LogP contribution in [0.3, 0.4) is 0 Å². The van der Waals surface area contributed by atoms with Crippen LogP contribution in [-0.4, -0.2) is 11.1 Å². The lowest BCUT2D eigenvalue weighted by molar-refractivity contribution is -0.126. The molecule has 0 radical (unpaired) electrons. The quantitative estimate of drug-likeness (QED) is 0.839. The van der Waals surface area contributed by atoms with E-state index in [0.717, 1.165) is 10.6 Å². The number of fused-ring (bicyclic) bond motifs is 1. The van der Waals surface area contributed by atoms with Crippen LogP contribution >= 0.6 is 0 Å². The zero-order valence-corrected chi connectivity index (χ0v) is 10.2. The first-order chi connectivity index (χ1) is 9.25. The van der Waals surface area contributed by atoms with Crippen molar-refractivity contribution < 1.29 is 14.4 Å². The highest BCUT2D eigenvalue weighted by Gasteiger charge is 2.30. The van der Waals surface area contributed by atoms with Crippen molar-refractivity contribution in [2.75, 3.05) is 5.06 Å². The number of para-hydroxylation sites is 1. The van der Waals surface area contributed by atoms with Gasteiger partial charge in [0.2, 0.25) is 0 Å². The molecular weight excluding hydrogens is 242 g/mol. The van der Waals surface area contributed by atoms with Crippen LogP contribution in [0.1, 0.15) is 11.3 Å². The largest absolute Gasteiger partial charge is 0.465 e. The van der Waals surface area contributed by atoms with E-state index in [-0.39, 0.29) is 11.8 Å². The number of anilines is 1. The lowest BCUT2D eigenvalue weighted by Gasteiger charge is -2.27. The number of nitrogens with zero attached hydrogens (tertiary/aromatic N) is 1. The molecule has 1 unspecified atom stereocenters. The number of hydrogen-bond acceptors (Lipinski definition) is 3. The van der Waals surface area contributed by atoms with Gasteiger partial charge in [-0.3, -0.25) is 10.0 Å². The summed E-state index contributed by atoms with van der Waals surface area (Å²) in [6, 6.07) is 11.0. The Balaban J connectivity index is 1.87. The van der Waals surface area contributed by atoms with Gasteiger partial charge in [0.25, 0.3) is 5.91 Å². The third-order valence-electron chi connectivity index (χ3n) is 3.22. The summed E-state index contributed by atoms with van der Waals surface area (Å²) in [5.41, 5.74) is 1.52. The second-order valence-corrected chi connectivity index (χ2v) is 4.46. The molecule has 1 aromatic heterocycles. The molecule has 4 heteroatoms. The Morgan fingerprint density at radius 2 is 2.11 bits per heavy atom. The van der Waals surface area contributed by atoms with Gasteiger partial charge in [-0.25, -0.2) is 0 Å². The topological polar surface area (TPSA) is 53.7 Å². The molecule has 1 atom stereocenters. The molecule has 96 valence electrons. The van der Waals surface area contributed by atoms with E-state index in [9.17, 15) is 10.0 Å². The minimum Gasteiger partial charge on any atom is -0.465 e. The summed E-state index contributed by atoms with van der Waals surface area (Å²) < 4.78 is 5.18. The Labute approximate surface area is 110 Å². The molecule has 0 fully saturated rings. The van der Waals surface area contributed by atoms with Crippen molar-refractivity contribution in [1.29, 1.82) is 0 Å². The number of rotatable bonds is 2. The van der Waals surface area contributed by atoms with Crippen LogP contribution < -0.4 is 5.06 Å². The lowest BCUT2D eigenvalue weighted by Crippen LogP contribution is -2.38. The summed E-state index contributed by atoms with van der Waals surface area (Å²) in [4.78, 5) is 12.0. The predicted molar refractivity (Wildman–Crippen MR) is 70.7 cm³/mol. The first-order valence-electron chi connectivity index (χ1n) is 6.08. The second kappa shape index (κ2) is 4.74. The van der Waals surface area contributed by atoms with Gasteiger partial charge in [0.05, 0.1) is 17.9 Å². The molecule has 2 heterocycles. The summed E-state index contributed by atoms with van der Waals surface area (Å²) >= 11 is 0. The number of carbonyl (C=O) groups excluding carboxylic acids is 1. The molecule has 0 aliphatic carbocycles.